The van der Waals surface area contributed by atoms with Crippen molar-refractivity contribution in [3.8, 4) is 11.4 Å². The van der Waals surface area contributed by atoms with E-state index in [1.54, 1.807) is 18.7 Å². The number of thioether (sulfide) groups is 1. The Balaban J connectivity index is 1.48. The molecule has 29 heavy (non-hydrogen) atoms. The van der Waals surface area contributed by atoms with Crippen molar-refractivity contribution in [1.82, 2.24) is 25.1 Å². The zero-order valence-corrected chi connectivity index (χ0v) is 17.3. The van der Waals surface area contributed by atoms with E-state index in [2.05, 4.69) is 27.4 Å². The highest BCUT2D eigenvalue weighted by atomic mass is 32.2. The molecule has 1 fully saturated rings. The molecule has 1 N–H and O–H groups in total. The molecule has 2 unspecified atom stereocenters. The fraction of sp³-hybridized carbons (Fsp3) is 0.429. The van der Waals surface area contributed by atoms with Crippen molar-refractivity contribution < 1.29 is 9.21 Å². The molecule has 3 aromatic heterocycles. The average molecular weight is 412 g/mol. The summed E-state index contributed by atoms with van der Waals surface area (Å²) in [6.07, 6.45) is 9.83. The monoisotopic (exact) mass is 411 g/mol. The average Bonchev–Trinajstić information content (AvgIpc) is 3.39. The molecule has 152 valence electrons. The first-order valence-corrected chi connectivity index (χ1v) is 11.0. The Morgan fingerprint density at radius 2 is 2.17 bits per heavy atom. The van der Waals surface area contributed by atoms with Gasteiger partial charge in [-0.1, -0.05) is 31.5 Å². The standard InChI is InChI=1S/C21H25N5O2S/c1-15-6-2-3-9-18(15)23-19(27)14-29-21-25-24-20(16-7-4-10-22-12-16)26(21)13-17-8-5-11-28-17/h4-5,7-8,10-12,15,18H,2-3,6,9,13-14H2,1H3,(H,23,27). The molecule has 0 radical (unpaired) electrons. The molecule has 3 aromatic rings. The first-order chi connectivity index (χ1) is 14.2. The van der Waals surface area contributed by atoms with Crippen molar-refractivity contribution in [2.75, 3.05) is 5.75 Å². The highest BCUT2D eigenvalue weighted by Crippen LogP contribution is 2.26. The summed E-state index contributed by atoms with van der Waals surface area (Å²) in [5.74, 6) is 2.41. The van der Waals surface area contributed by atoms with E-state index in [0.29, 0.717) is 29.2 Å². The second-order valence-corrected chi connectivity index (χ2v) is 8.38. The minimum atomic E-state index is 0.0456. The van der Waals surface area contributed by atoms with Crippen LogP contribution in [0.1, 0.15) is 38.4 Å². The lowest BCUT2D eigenvalue weighted by Crippen LogP contribution is -2.41. The Morgan fingerprint density at radius 3 is 2.93 bits per heavy atom. The molecule has 0 aromatic carbocycles. The molecule has 4 rings (SSSR count). The van der Waals surface area contributed by atoms with Crippen LogP contribution in [0, 0.1) is 5.92 Å². The fourth-order valence-corrected chi connectivity index (χ4v) is 4.46. The summed E-state index contributed by atoms with van der Waals surface area (Å²) in [6.45, 7) is 2.71. The number of furan rings is 1. The minimum Gasteiger partial charge on any atom is -0.467 e. The van der Waals surface area contributed by atoms with Crippen LogP contribution in [-0.4, -0.2) is 37.5 Å². The molecule has 1 amide bonds. The van der Waals surface area contributed by atoms with Gasteiger partial charge in [0.05, 0.1) is 18.6 Å². The van der Waals surface area contributed by atoms with Gasteiger partial charge in [-0.2, -0.15) is 0 Å². The molecular weight excluding hydrogens is 386 g/mol. The van der Waals surface area contributed by atoms with E-state index in [1.165, 1.54) is 31.0 Å². The lowest BCUT2D eigenvalue weighted by Gasteiger charge is -2.29. The van der Waals surface area contributed by atoms with Crippen LogP contribution in [0.25, 0.3) is 11.4 Å². The molecule has 1 aliphatic rings. The van der Waals surface area contributed by atoms with Crippen LogP contribution in [0.4, 0.5) is 0 Å². The minimum absolute atomic E-state index is 0.0456. The molecule has 1 saturated carbocycles. The van der Waals surface area contributed by atoms with E-state index in [-0.39, 0.29) is 11.9 Å². The van der Waals surface area contributed by atoms with E-state index in [0.717, 1.165) is 17.7 Å². The lowest BCUT2D eigenvalue weighted by atomic mass is 9.86. The first kappa shape index (κ1) is 19.7. The van der Waals surface area contributed by atoms with Crippen molar-refractivity contribution in [3.05, 3.63) is 48.7 Å². The number of carbonyl (C=O) groups excluding carboxylic acids is 1. The number of carbonyl (C=O) groups is 1. The normalized spacial score (nSPS) is 19.2. The van der Waals surface area contributed by atoms with Crippen molar-refractivity contribution in [2.45, 2.75) is 50.4 Å². The number of hydrogen-bond acceptors (Lipinski definition) is 6. The van der Waals surface area contributed by atoms with Crippen LogP contribution >= 0.6 is 11.8 Å². The van der Waals surface area contributed by atoms with Gasteiger partial charge in [-0.15, -0.1) is 10.2 Å². The predicted molar refractivity (Wildman–Crippen MR) is 111 cm³/mol. The van der Waals surface area contributed by atoms with Gasteiger partial charge in [0.25, 0.3) is 0 Å². The van der Waals surface area contributed by atoms with E-state index in [4.69, 9.17) is 4.42 Å². The van der Waals surface area contributed by atoms with Crippen LogP contribution in [-0.2, 0) is 11.3 Å². The summed E-state index contributed by atoms with van der Waals surface area (Å²) >= 11 is 1.40. The molecule has 8 heteroatoms. The van der Waals surface area contributed by atoms with Crippen LogP contribution in [0.2, 0.25) is 0 Å². The number of hydrogen-bond donors (Lipinski definition) is 1. The van der Waals surface area contributed by atoms with E-state index in [9.17, 15) is 4.79 Å². The van der Waals surface area contributed by atoms with Crippen LogP contribution in [0.5, 0.6) is 0 Å². The predicted octanol–water partition coefficient (Wildman–Crippen LogP) is 3.77. The highest BCUT2D eigenvalue weighted by molar-refractivity contribution is 7.99. The largest absolute Gasteiger partial charge is 0.467 e. The molecule has 0 spiro atoms. The van der Waals surface area contributed by atoms with Gasteiger partial charge >= 0.3 is 0 Å². The van der Waals surface area contributed by atoms with Gasteiger partial charge in [-0.25, -0.2) is 0 Å². The molecule has 0 aliphatic heterocycles. The number of nitrogens with one attached hydrogen (secondary N) is 1. The van der Waals surface area contributed by atoms with Crippen molar-refractivity contribution in [3.63, 3.8) is 0 Å². The summed E-state index contributed by atoms with van der Waals surface area (Å²) in [6, 6.07) is 7.87. The van der Waals surface area contributed by atoms with Gasteiger partial charge in [0.15, 0.2) is 11.0 Å². The third kappa shape index (κ3) is 4.87. The molecule has 7 nitrogen and oxygen atoms in total. The number of aromatic nitrogens is 4. The Kier molecular flexibility index (Phi) is 6.29. The summed E-state index contributed by atoms with van der Waals surface area (Å²) in [5.41, 5.74) is 0.874. The van der Waals surface area contributed by atoms with Crippen molar-refractivity contribution in [1.29, 1.82) is 0 Å². The zero-order valence-electron chi connectivity index (χ0n) is 16.5. The van der Waals surface area contributed by atoms with Gasteiger partial charge in [-0.3, -0.25) is 14.3 Å². The van der Waals surface area contributed by atoms with Gasteiger partial charge in [0.2, 0.25) is 5.91 Å². The number of nitrogens with zero attached hydrogens (tertiary/aromatic N) is 4. The SMILES string of the molecule is CC1CCCCC1NC(=O)CSc1nnc(-c2cccnc2)n1Cc1ccco1. The van der Waals surface area contributed by atoms with Gasteiger partial charge in [0.1, 0.15) is 5.76 Å². The Hall–Kier alpha value is -2.61. The molecule has 3 heterocycles. The maximum Gasteiger partial charge on any atom is 0.230 e. The third-order valence-corrected chi connectivity index (χ3v) is 6.29. The van der Waals surface area contributed by atoms with Gasteiger partial charge in [-0.05, 0) is 43.0 Å². The number of pyridine rings is 1. The first-order valence-electron chi connectivity index (χ1n) is 9.99. The lowest BCUT2D eigenvalue weighted by molar-refractivity contribution is -0.119. The summed E-state index contributed by atoms with van der Waals surface area (Å²) < 4.78 is 7.48. The van der Waals surface area contributed by atoms with Crippen LogP contribution < -0.4 is 5.32 Å². The topological polar surface area (TPSA) is 85.8 Å². The van der Waals surface area contributed by atoms with Crippen LogP contribution in [0.15, 0.2) is 52.5 Å². The zero-order chi connectivity index (χ0) is 20.1. The van der Waals surface area contributed by atoms with E-state index in [1.807, 2.05) is 28.8 Å². The van der Waals surface area contributed by atoms with Gasteiger partial charge in [0, 0.05) is 24.0 Å². The Bertz CT molecular complexity index is 926. The third-order valence-electron chi connectivity index (χ3n) is 5.32. The molecule has 0 saturated heterocycles. The van der Waals surface area contributed by atoms with E-state index < -0.39 is 0 Å². The maximum absolute atomic E-state index is 12.5. The van der Waals surface area contributed by atoms with Crippen LogP contribution in [0.3, 0.4) is 0 Å². The molecule has 1 aliphatic carbocycles. The number of rotatable bonds is 7. The van der Waals surface area contributed by atoms with Crippen molar-refractivity contribution >= 4 is 17.7 Å². The summed E-state index contributed by atoms with van der Waals surface area (Å²) in [4.78, 5) is 16.7. The van der Waals surface area contributed by atoms with Crippen molar-refractivity contribution in [2.24, 2.45) is 5.92 Å². The second-order valence-electron chi connectivity index (χ2n) is 7.44. The summed E-state index contributed by atoms with van der Waals surface area (Å²) in [7, 11) is 0. The Labute approximate surface area is 174 Å². The molecule has 0 bridgehead atoms. The number of amides is 1. The molecule has 2 atom stereocenters. The molecular formula is C21H25N5O2S. The quantitative estimate of drug-likeness (QED) is 0.596. The smallest absolute Gasteiger partial charge is 0.230 e. The highest BCUT2D eigenvalue weighted by Gasteiger charge is 2.23. The van der Waals surface area contributed by atoms with Gasteiger partial charge < -0.3 is 9.73 Å². The second kappa shape index (κ2) is 9.26. The Morgan fingerprint density at radius 1 is 1.28 bits per heavy atom. The maximum atomic E-state index is 12.5. The fourth-order valence-electron chi connectivity index (χ4n) is 3.71. The summed E-state index contributed by atoms with van der Waals surface area (Å²) in [5, 5.41) is 12.6. The van der Waals surface area contributed by atoms with E-state index >= 15 is 0 Å².